The van der Waals surface area contributed by atoms with E-state index in [-0.39, 0.29) is 18.2 Å². The zero-order valence-electron chi connectivity index (χ0n) is 11.5. The van der Waals surface area contributed by atoms with Crippen LogP contribution in [0.15, 0.2) is 0 Å². The summed E-state index contributed by atoms with van der Waals surface area (Å²) in [4.78, 5) is 25.4. The summed E-state index contributed by atoms with van der Waals surface area (Å²) in [5.41, 5.74) is -0.833. The number of carboxylic acids is 1. The van der Waals surface area contributed by atoms with E-state index in [2.05, 4.69) is 0 Å². The molecule has 0 spiro atoms. The molecule has 2 unspecified atom stereocenters. The molecule has 1 saturated heterocycles. The quantitative estimate of drug-likeness (QED) is 0.805. The van der Waals surface area contributed by atoms with E-state index in [0.29, 0.717) is 25.9 Å². The molecule has 5 heteroatoms. The minimum atomic E-state index is -0.833. The first kappa shape index (κ1) is 14.3. The third kappa shape index (κ3) is 2.91. The van der Waals surface area contributed by atoms with Crippen LogP contribution in [0.4, 0.5) is 0 Å². The Kier molecular flexibility index (Phi) is 4.13. The number of amides is 1. The molecule has 5 nitrogen and oxygen atoms in total. The van der Waals surface area contributed by atoms with Crippen LogP contribution in [0.2, 0.25) is 0 Å². The largest absolute Gasteiger partial charge is 0.481 e. The Morgan fingerprint density at radius 1 is 1.37 bits per heavy atom. The van der Waals surface area contributed by atoms with Crippen molar-refractivity contribution < 1.29 is 19.8 Å². The van der Waals surface area contributed by atoms with Crippen LogP contribution in [0.5, 0.6) is 0 Å². The summed E-state index contributed by atoms with van der Waals surface area (Å²) in [6.07, 6.45) is 3.55. The van der Waals surface area contributed by atoms with Gasteiger partial charge in [-0.05, 0) is 26.2 Å². The summed E-state index contributed by atoms with van der Waals surface area (Å²) in [6, 6.07) is 0. The van der Waals surface area contributed by atoms with Crippen molar-refractivity contribution in [2.75, 3.05) is 13.1 Å². The Bertz CT molecular complexity index is 360. The number of aliphatic hydroxyl groups is 1. The van der Waals surface area contributed by atoms with Crippen LogP contribution in [0.25, 0.3) is 0 Å². The van der Waals surface area contributed by atoms with E-state index in [1.54, 1.807) is 11.8 Å². The first-order chi connectivity index (χ1) is 8.94. The lowest BCUT2D eigenvalue weighted by Crippen LogP contribution is -2.38. The fraction of sp³-hybridized carbons (Fsp3) is 0.857. The van der Waals surface area contributed by atoms with Crippen molar-refractivity contribution in [2.24, 2.45) is 11.3 Å². The van der Waals surface area contributed by atoms with Crippen LogP contribution in [0, 0.1) is 11.3 Å². The van der Waals surface area contributed by atoms with E-state index in [1.165, 1.54) is 0 Å². The van der Waals surface area contributed by atoms with Gasteiger partial charge in [0.15, 0.2) is 0 Å². The molecule has 0 aromatic carbocycles. The van der Waals surface area contributed by atoms with E-state index >= 15 is 0 Å². The fourth-order valence-electron chi connectivity index (χ4n) is 3.33. The molecule has 1 amide bonds. The summed E-state index contributed by atoms with van der Waals surface area (Å²) in [5, 5.41) is 18.9. The van der Waals surface area contributed by atoms with Gasteiger partial charge in [0.05, 0.1) is 11.5 Å². The monoisotopic (exact) mass is 269 g/mol. The van der Waals surface area contributed by atoms with Gasteiger partial charge in [-0.25, -0.2) is 0 Å². The Hall–Kier alpha value is -1.10. The van der Waals surface area contributed by atoms with Gasteiger partial charge < -0.3 is 15.1 Å². The van der Waals surface area contributed by atoms with Gasteiger partial charge in [-0.2, -0.15) is 0 Å². The second-order valence-electron chi connectivity index (χ2n) is 6.10. The summed E-state index contributed by atoms with van der Waals surface area (Å²) in [5.74, 6) is -0.759. The molecule has 108 valence electrons. The van der Waals surface area contributed by atoms with Gasteiger partial charge in [0, 0.05) is 25.4 Å². The van der Waals surface area contributed by atoms with Gasteiger partial charge in [0.2, 0.25) is 5.91 Å². The molecule has 2 N–H and O–H groups in total. The first-order valence-electron chi connectivity index (χ1n) is 7.14. The number of hydrogen-bond donors (Lipinski definition) is 2. The van der Waals surface area contributed by atoms with Gasteiger partial charge in [-0.3, -0.25) is 9.59 Å². The van der Waals surface area contributed by atoms with Crippen LogP contribution < -0.4 is 0 Å². The van der Waals surface area contributed by atoms with Crippen LogP contribution in [0.3, 0.4) is 0 Å². The SMILES string of the molecule is CC(O)C1CCN(C(=O)CC2(C(=O)O)CCCC2)C1. The molecule has 1 heterocycles. The van der Waals surface area contributed by atoms with Crippen molar-refractivity contribution in [3.63, 3.8) is 0 Å². The lowest BCUT2D eigenvalue weighted by molar-refractivity contribution is -0.153. The number of aliphatic carboxylic acids is 1. The highest BCUT2D eigenvalue weighted by molar-refractivity contribution is 5.85. The maximum absolute atomic E-state index is 12.3. The third-order valence-electron chi connectivity index (χ3n) is 4.76. The predicted octanol–water partition coefficient (Wildman–Crippen LogP) is 1.25. The Balaban J connectivity index is 1.96. The normalized spacial score (nSPS) is 27.5. The summed E-state index contributed by atoms with van der Waals surface area (Å²) in [7, 11) is 0. The van der Waals surface area contributed by atoms with E-state index in [0.717, 1.165) is 19.3 Å². The smallest absolute Gasteiger partial charge is 0.310 e. The molecule has 0 radical (unpaired) electrons. The number of rotatable bonds is 4. The molecule has 2 aliphatic rings. The topological polar surface area (TPSA) is 77.8 Å². The predicted molar refractivity (Wildman–Crippen MR) is 69.5 cm³/mol. The van der Waals surface area contributed by atoms with Crippen LogP contribution >= 0.6 is 0 Å². The zero-order chi connectivity index (χ0) is 14.0. The van der Waals surface area contributed by atoms with Crippen molar-refractivity contribution in [1.82, 2.24) is 4.90 Å². The lowest BCUT2D eigenvalue weighted by atomic mass is 9.82. The van der Waals surface area contributed by atoms with E-state index in [9.17, 15) is 19.8 Å². The molecule has 2 rings (SSSR count). The zero-order valence-corrected chi connectivity index (χ0v) is 11.5. The highest BCUT2D eigenvalue weighted by atomic mass is 16.4. The molecular formula is C14H23NO4. The van der Waals surface area contributed by atoms with Gasteiger partial charge in [0.1, 0.15) is 0 Å². The highest BCUT2D eigenvalue weighted by Gasteiger charge is 2.44. The second kappa shape index (κ2) is 5.49. The van der Waals surface area contributed by atoms with Gasteiger partial charge >= 0.3 is 5.97 Å². The minimum absolute atomic E-state index is 0.0625. The molecule has 19 heavy (non-hydrogen) atoms. The van der Waals surface area contributed by atoms with Crippen LogP contribution in [0.1, 0.15) is 45.4 Å². The van der Waals surface area contributed by atoms with Crippen molar-refractivity contribution in [3.05, 3.63) is 0 Å². The summed E-state index contributed by atoms with van der Waals surface area (Å²) >= 11 is 0. The number of likely N-dealkylation sites (tertiary alicyclic amines) is 1. The molecule has 1 saturated carbocycles. The minimum Gasteiger partial charge on any atom is -0.481 e. The Labute approximate surface area is 113 Å². The maximum Gasteiger partial charge on any atom is 0.310 e. The van der Waals surface area contributed by atoms with E-state index in [1.807, 2.05) is 0 Å². The number of aliphatic hydroxyl groups excluding tert-OH is 1. The first-order valence-corrected chi connectivity index (χ1v) is 7.14. The molecular weight excluding hydrogens is 246 g/mol. The van der Waals surface area contributed by atoms with Gasteiger partial charge in [0.25, 0.3) is 0 Å². The molecule has 2 fully saturated rings. The summed E-state index contributed by atoms with van der Waals surface area (Å²) in [6.45, 7) is 2.95. The molecule has 2 atom stereocenters. The fourth-order valence-corrected chi connectivity index (χ4v) is 3.33. The molecule has 1 aliphatic carbocycles. The average Bonchev–Trinajstić information content (AvgIpc) is 2.97. The van der Waals surface area contributed by atoms with Crippen LogP contribution in [-0.2, 0) is 9.59 Å². The Morgan fingerprint density at radius 2 is 2.00 bits per heavy atom. The molecule has 1 aliphatic heterocycles. The number of carbonyl (C=O) groups excluding carboxylic acids is 1. The standard InChI is InChI=1S/C14H23NO4/c1-10(16)11-4-7-15(9-11)12(17)8-14(13(18)19)5-2-3-6-14/h10-11,16H,2-9H2,1H3,(H,18,19). The van der Waals surface area contributed by atoms with Crippen molar-refractivity contribution >= 4 is 11.9 Å². The van der Waals surface area contributed by atoms with Crippen molar-refractivity contribution in [1.29, 1.82) is 0 Å². The molecule has 0 aromatic rings. The Morgan fingerprint density at radius 3 is 2.47 bits per heavy atom. The second-order valence-corrected chi connectivity index (χ2v) is 6.10. The number of carbonyl (C=O) groups is 2. The average molecular weight is 269 g/mol. The summed E-state index contributed by atoms with van der Waals surface area (Å²) < 4.78 is 0. The van der Waals surface area contributed by atoms with Gasteiger partial charge in [-0.1, -0.05) is 12.8 Å². The molecule has 0 aromatic heterocycles. The highest BCUT2D eigenvalue weighted by Crippen LogP contribution is 2.42. The molecule has 0 bridgehead atoms. The number of nitrogens with zero attached hydrogens (tertiary/aromatic N) is 1. The third-order valence-corrected chi connectivity index (χ3v) is 4.76. The maximum atomic E-state index is 12.3. The van der Waals surface area contributed by atoms with E-state index < -0.39 is 17.5 Å². The van der Waals surface area contributed by atoms with Crippen molar-refractivity contribution in [3.8, 4) is 0 Å². The van der Waals surface area contributed by atoms with Crippen molar-refractivity contribution in [2.45, 2.75) is 51.6 Å². The number of hydrogen-bond acceptors (Lipinski definition) is 3. The van der Waals surface area contributed by atoms with Gasteiger partial charge in [-0.15, -0.1) is 0 Å². The lowest BCUT2D eigenvalue weighted by Gasteiger charge is -2.26. The van der Waals surface area contributed by atoms with Crippen LogP contribution in [-0.4, -0.2) is 46.2 Å². The van der Waals surface area contributed by atoms with E-state index in [4.69, 9.17) is 0 Å². The number of carboxylic acid groups (broad SMARTS) is 1.